The Balaban J connectivity index is 1.94. The summed E-state index contributed by atoms with van der Waals surface area (Å²) in [6.07, 6.45) is -2.83. The maximum atomic E-state index is 12.4. The molecular weight excluding hydrogens is 593 g/mol. The summed E-state index contributed by atoms with van der Waals surface area (Å²) in [5.41, 5.74) is 1.19. The van der Waals surface area contributed by atoms with E-state index in [0.29, 0.717) is 17.7 Å². The Morgan fingerprint density at radius 2 is 1.76 bits per heavy atom. The molecule has 0 saturated carbocycles. The highest BCUT2D eigenvalue weighted by molar-refractivity contribution is 9.12. The van der Waals surface area contributed by atoms with E-state index < -0.39 is 22.6 Å². The van der Waals surface area contributed by atoms with Crippen LogP contribution in [0.2, 0.25) is 0 Å². The number of alkyl halides is 5. The molecule has 0 aliphatic carbocycles. The third kappa shape index (κ3) is 10.4. The largest absolute Gasteiger partial charge is 0.504 e. The predicted molar refractivity (Wildman–Crippen MR) is 129 cm³/mol. The molecule has 0 radical (unpaired) electrons. The first-order chi connectivity index (χ1) is 15.3. The summed E-state index contributed by atoms with van der Waals surface area (Å²) in [6.45, 7) is 0.857. The fraction of sp³-hybridized carbons (Fsp3) is 0.364. The predicted octanol–water partition coefficient (Wildman–Crippen LogP) is 5.89. The first-order valence-electron chi connectivity index (χ1n) is 9.78. The SMILES string of the molecule is CC(Br)C(Br)COc1cc(/C=C/S(=O)(=O)CCc2ccc(OCC(F)(F)F)cc2)ccc1O. The van der Waals surface area contributed by atoms with Gasteiger partial charge >= 0.3 is 6.18 Å². The van der Waals surface area contributed by atoms with E-state index in [2.05, 4.69) is 36.6 Å². The number of aromatic hydroxyl groups is 1. The Labute approximate surface area is 207 Å². The zero-order valence-corrected chi connectivity index (χ0v) is 21.5. The van der Waals surface area contributed by atoms with Crippen molar-refractivity contribution < 1.29 is 36.2 Å². The fourth-order valence-electron chi connectivity index (χ4n) is 2.48. The van der Waals surface area contributed by atoms with E-state index in [1.165, 1.54) is 36.4 Å². The van der Waals surface area contributed by atoms with Gasteiger partial charge in [-0.25, -0.2) is 8.42 Å². The number of ether oxygens (including phenoxy) is 2. The molecule has 0 saturated heterocycles. The quantitative estimate of drug-likeness (QED) is 0.319. The van der Waals surface area contributed by atoms with E-state index in [4.69, 9.17) is 4.74 Å². The molecule has 2 rings (SSSR count). The maximum absolute atomic E-state index is 12.4. The van der Waals surface area contributed by atoms with E-state index in [1.54, 1.807) is 12.1 Å². The van der Waals surface area contributed by atoms with E-state index >= 15 is 0 Å². The van der Waals surface area contributed by atoms with Gasteiger partial charge in [0.25, 0.3) is 0 Å². The molecule has 182 valence electrons. The normalized spacial score (nSPS) is 14.2. The highest BCUT2D eigenvalue weighted by Crippen LogP contribution is 2.29. The van der Waals surface area contributed by atoms with Crippen molar-refractivity contribution in [2.45, 2.75) is 29.2 Å². The molecule has 0 amide bonds. The van der Waals surface area contributed by atoms with Crippen LogP contribution in [0.5, 0.6) is 17.2 Å². The molecule has 5 nitrogen and oxygen atoms in total. The molecule has 0 bridgehead atoms. The average molecular weight is 616 g/mol. The fourth-order valence-corrected chi connectivity index (χ4v) is 3.79. The summed E-state index contributed by atoms with van der Waals surface area (Å²) < 4.78 is 71.5. The van der Waals surface area contributed by atoms with Gasteiger partial charge in [0, 0.05) is 10.2 Å². The van der Waals surface area contributed by atoms with Gasteiger partial charge in [-0.1, -0.05) is 57.0 Å². The van der Waals surface area contributed by atoms with Crippen LogP contribution in [0, 0.1) is 0 Å². The number of phenols is 1. The van der Waals surface area contributed by atoms with Gasteiger partial charge in [0.05, 0.1) is 10.6 Å². The lowest BCUT2D eigenvalue weighted by Gasteiger charge is -2.14. The standard InChI is InChI=1S/C22H23Br2F3O5S/c1-15(23)19(24)13-31-21-12-17(4-7-20(21)28)9-11-33(29,30)10-8-16-2-5-18(6-3-16)32-14-22(25,26)27/h2-7,9,11-12,15,19,28H,8,10,13-14H2,1H3/b11-9+. The first kappa shape index (κ1) is 27.5. The van der Waals surface area contributed by atoms with Gasteiger partial charge in [-0.05, 0) is 47.9 Å². The molecule has 2 aromatic carbocycles. The van der Waals surface area contributed by atoms with E-state index in [-0.39, 0.29) is 39.1 Å². The van der Waals surface area contributed by atoms with Gasteiger partial charge in [-0.2, -0.15) is 13.2 Å². The first-order valence-corrected chi connectivity index (χ1v) is 13.3. The topological polar surface area (TPSA) is 72.8 Å². The van der Waals surface area contributed by atoms with Gasteiger partial charge < -0.3 is 14.6 Å². The molecule has 2 atom stereocenters. The highest BCUT2D eigenvalue weighted by Gasteiger charge is 2.28. The van der Waals surface area contributed by atoms with Crippen molar-refractivity contribution in [3.05, 3.63) is 59.0 Å². The van der Waals surface area contributed by atoms with Crippen LogP contribution in [-0.4, -0.2) is 48.3 Å². The molecule has 2 aromatic rings. The lowest BCUT2D eigenvalue weighted by molar-refractivity contribution is -0.153. The second kappa shape index (κ2) is 12.1. The number of sulfone groups is 1. The van der Waals surface area contributed by atoms with Crippen LogP contribution in [0.1, 0.15) is 18.1 Å². The van der Waals surface area contributed by atoms with Crippen LogP contribution < -0.4 is 9.47 Å². The van der Waals surface area contributed by atoms with Crippen LogP contribution in [0.3, 0.4) is 0 Å². The minimum atomic E-state index is -4.42. The number of hydrogen-bond acceptors (Lipinski definition) is 5. The monoisotopic (exact) mass is 614 g/mol. The zero-order valence-electron chi connectivity index (χ0n) is 17.6. The lowest BCUT2D eigenvalue weighted by Crippen LogP contribution is -2.19. The smallest absolute Gasteiger partial charge is 0.422 e. The number of halogens is 5. The third-order valence-corrected chi connectivity index (χ3v) is 8.08. The minimum absolute atomic E-state index is 0.0155. The van der Waals surface area contributed by atoms with Gasteiger partial charge in [0.2, 0.25) is 0 Å². The third-order valence-electron chi connectivity index (χ3n) is 4.35. The van der Waals surface area contributed by atoms with Gasteiger partial charge in [0.15, 0.2) is 27.9 Å². The summed E-state index contributed by atoms with van der Waals surface area (Å²) in [4.78, 5) is 0.165. The molecule has 11 heteroatoms. The number of phenolic OH excluding ortho intramolecular Hbond substituents is 1. The molecule has 33 heavy (non-hydrogen) atoms. The van der Waals surface area contributed by atoms with Crippen molar-refractivity contribution in [1.82, 2.24) is 0 Å². The summed E-state index contributed by atoms with van der Waals surface area (Å²) in [7, 11) is -3.56. The molecular formula is C22H23Br2F3O5S. The van der Waals surface area contributed by atoms with E-state index in [9.17, 15) is 26.7 Å². The van der Waals surface area contributed by atoms with Crippen LogP contribution >= 0.6 is 31.9 Å². The summed E-state index contributed by atoms with van der Waals surface area (Å²) in [5.74, 6) is 0.0582. The molecule has 0 aromatic heterocycles. The van der Waals surface area contributed by atoms with Crippen LogP contribution in [0.25, 0.3) is 6.08 Å². The molecule has 0 spiro atoms. The van der Waals surface area contributed by atoms with Crippen molar-refractivity contribution in [3.8, 4) is 17.2 Å². The average Bonchev–Trinajstić information content (AvgIpc) is 2.74. The summed E-state index contributed by atoms with van der Waals surface area (Å²) in [5, 5.41) is 11.0. The maximum Gasteiger partial charge on any atom is 0.422 e. The van der Waals surface area contributed by atoms with E-state index in [0.717, 1.165) is 5.41 Å². The Morgan fingerprint density at radius 1 is 1.09 bits per heavy atom. The zero-order chi connectivity index (χ0) is 24.6. The van der Waals surface area contributed by atoms with Gasteiger partial charge in [-0.3, -0.25) is 0 Å². The molecule has 1 N–H and O–H groups in total. The molecule has 0 fully saturated rings. The Bertz CT molecular complexity index is 1040. The highest BCUT2D eigenvalue weighted by atomic mass is 79.9. The second-order valence-electron chi connectivity index (χ2n) is 7.20. The number of rotatable bonds is 11. The second-order valence-corrected chi connectivity index (χ2v) is 11.8. The van der Waals surface area contributed by atoms with Crippen LogP contribution in [0.4, 0.5) is 13.2 Å². The number of benzene rings is 2. The van der Waals surface area contributed by atoms with Crippen molar-refractivity contribution in [2.24, 2.45) is 0 Å². The lowest BCUT2D eigenvalue weighted by atomic mass is 10.2. The number of aryl methyl sites for hydroxylation is 1. The summed E-state index contributed by atoms with van der Waals surface area (Å²) >= 11 is 6.88. The molecule has 2 unspecified atom stereocenters. The summed E-state index contributed by atoms with van der Waals surface area (Å²) in [6, 6.07) is 10.3. The Morgan fingerprint density at radius 3 is 2.36 bits per heavy atom. The Kier molecular flexibility index (Phi) is 10.1. The van der Waals surface area contributed by atoms with Crippen molar-refractivity contribution >= 4 is 47.8 Å². The Hall–Kier alpha value is -1.72. The van der Waals surface area contributed by atoms with Crippen molar-refractivity contribution in [2.75, 3.05) is 19.0 Å². The van der Waals surface area contributed by atoms with Gasteiger partial charge in [0.1, 0.15) is 12.4 Å². The number of hydrogen-bond donors (Lipinski definition) is 1. The van der Waals surface area contributed by atoms with Crippen molar-refractivity contribution in [3.63, 3.8) is 0 Å². The van der Waals surface area contributed by atoms with Crippen LogP contribution in [-0.2, 0) is 16.3 Å². The van der Waals surface area contributed by atoms with Gasteiger partial charge in [-0.15, -0.1) is 0 Å². The molecule has 0 aliphatic heterocycles. The minimum Gasteiger partial charge on any atom is -0.504 e. The van der Waals surface area contributed by atoms with Crippen molar-refractivity contribution in [1.29, 1.82) is 0 Å². The molecule has 0 heterocycles. The van der Waals surface area contributed by atoms with Crippen LogP contribution in [0.15, 0.2) is 47.9 Å². The van der Waals surface area contributed by atoms with E-state index in [1.807, 2.05) is 6.92 Å². The molecule has 0 aliphatic rings.